The number of aliphatic imine (C=N–C) groups is 1. The molecule has 0 aromatic heterocycles. The van der Waals surface area contributed by atoms with Crippen molar-refractivity contribution in [2.24, 2.45) is 4.99 Å². The smallest absolute Gasteiger partial charge is 0.157 e. The summed E-state index contributed by atoms with van der Waals surface area (Å²) in [6, 6.07) is 0. The van der Waals surface area contributed by atoms with E-state index in [0.717, 1.165) is 12.7 Å². The first-order chi connectivity index (χ1) is 7.40. The number of nitrogens with zero attached hydrogens (tertiary/aromatic N) is 1. The lowest BCUT2D eigenvalue weighted by Gasteiger charge is -2.20. The molecule has 0 aromatic carbocycles. The fourth-order valence-corrected chi connectivity index (χ4v) is 3.39. The Hall–Kier alpha value is -0.740. The molecular weight excluding hydrogens is 226 g/mol. The van der Waals surface area contributed by atoms with Crippen molar-refractivity contribution in [2.45, 2.75) is 16.9 Å². The molecule has 0 fully saturated rings. The average molecular weight is 237 g/mol. The topological polar surface area (TPSA) is 29.4 Å². The first kappa shape index (κ1) is 10.8. The Morgan fingerprint density at radius 2 is 2.33 bits per heavy atom. The summed E-state index contributed by atoms with van der Waals surface area (Å²) in [5, 5.41) is 2.76. The highest BCUT2D eigenvalue weighted by atomic mass is 32.2. The minimum absolute atomic E-state index is 0.263. The summed E-state index contributed by atoms with van der Waals surface area (Å²) in [6.45, 7) is 0. The monoisotopic (exact) mass is 237 g/mol. The van der Waals surface area contributed by atoms with Crippen LogP contribution in [0.15, 0.2) is 39.7 Å². The first-order valence-electron chi connectivity index (χ1n) is 4.72. The van der Waals surface area contributed by atoms with Gasteiger partial charge in [-0.1, -0.05) is 18.2 Å². The highest BCUT2D eigenvalue weighted by molar-refractivity contribution is 8.08. The van der Waals surface area contributed by atoms with Gasteiger partial charge in [-0.2, -0.15) is 0 Å². The van der Waals surface area contributed by atoms with Gasteiger partial charge in [0.25, 0.3) is 0 Å². The first-order valence-corrected chi connectivity index (χ1v) is 6.55. The van der Waals surface area contributed by atoms with Gasteiger partial charge in [-0.25, -0.2) is 0 Å². The Labute approximate surface area is 97.6 Å². The number of allylic oxidation sites excluding steroid dienone is 3. The summed E-state index contributed by atoms with van der Waals surface area (Å²) in [5.74, 6) is 0. The minimum atomic E-state index is 0.263. The molecule has 2 atom stereocenters. The quantitative estimate of drug-likeness (QED) is 0.546. The number of hydrogen-bond donors (Lipinski definition) is 0. The number of carbonyl (C=O) groups excluding carboxylic acids is 1. The maximum absolute atomic E-state index is 10.7. The van der Waals surface area contributed by atoms with Gasteiger partial charge in [0.05, 0.1) is 10.2 Å². The normalized spacial score (nSPS) is 29.7. The molecule has 0 amide bonds. The molecule has 15 heavy (non-hydrogen) atoms. The van der Waals surface area contributed by atoms with Gasteiger partial charge in [0, 0.05) is 17.7 Å². The Bertz CT molecular complexity index is 358. The van der Waals surface area contributed by atoms with Gasteiger partial charge in [0.1, 0.15) is 0 Å². The molecule has 0 aromatic rings. The van der Waals surface area contributed by atoms with E-state index in [-0.39, 0.29) is 5.25 Å². The SMILES string of the molecule is O=CC1=CN=CC(C2C=CCC=CS2)S1. The number of thioether (sulfide) groups is 2. The van der Waals surface area contributed by atoms with Gasteiger partial charge >= 0.3 is 0 Å². The van der Waals surface area contributed by atoms with Crippen LogP contribution >= 0.6 is 23.5 Å². The molecule has 0 bridgehead atoms. The zero-order chi connectivity index (χ0) is 10.5. The number of carbonyl (C=O) groups is 1. The molecule has 0 radical (unpaired) electrons. The summed E-state index contributed by atoms with van der Waals surface area (Å²) in [5.41, 5.74) is 0. The largest absolute Gasteiger partial charge is 0.297 e. The van der Waals surface area contributed by atoms with E-state index in [4.69, 9.17) is 0 Å². The van der Waals surface area contributed by atoms with E-state index < -0.39 is 0 Å². The molecule has 0 N–H and O–H groups in total. The molecule has 2 nitrogen and oxygen atoms in total. The number of rotatable bonds is 2. The Morgan fingerprint density at radius 1 is 1.40 bits per heavy atom. The van der Waals surface area contributed by atoms with Crippen LogP contribution in [0.5, 0.6) is 0 Å². The zero-order valence-corrected chi connectivity index (χ0v) is 9.71. The van der Waals surface area contributed by atoms with Crippen molar-refractivity contribution < 1.29 is 4.79 Å². The van der Waals surface area contributed by atoms with E-state index >= 15 is 0 Å². The predicted molar refractivity (Wildman–Crippen MR) is 68.3 cm³/mol. The van der Waals surface area contributed by atoms with Crippen LogP contribution in [0.2, 0.25) is 0 Å². The van der Waals surface area contributed by atoms with Gasteiger partial charge in [0.2, 0.25) is 0 Å². The third kappa shape index (κ3) is 2.86. The number of hydrogen-bond acceptors (Lipinski definition) is 4. The lowest BCUT2D eigenvalue weighted by molar-refractivity contribution is -0.104. The molecule has 78 valence electrons. The molecule has 2 heterocycles. The second-order valence-electron chi connectivity index (χ2n) is 3.17. The maximum Gasteiger partial charge on any atom is 0.157 e. The van der Waals surface area contributed by atoms with Crippen molar-refractivity contribution in [1.29, 1.82) is 0 Å². The van der Waals surface area contributed by atoms with Crippen LogP contribution in [-0.4, -0.2) is 23.0 Å². The molecule has 2 aliphatic rings. The van der Waals surface area contributed by atoms with Crippen molar-refractivity contribution >= 4 is 36.0 Å². The van der Waals surface area contributed by atoms with E-state index in [1.165, 1.54) is 0 Å². The standard InChI is InChI=1S/C11H11NOS2/c13-8-9-6-12-7-11(15-9)10-4-2-1-3-5-14-10/h2-8,10-11H,1H2. The van der Waals surface area contributed by atoms with E-state index in [2.05, 4.69) is 28.6 Å². The molecule has 2 rings (SSSR count). The molecule has 0 aliphatic carbocycles. The van der Waals surface area contributed by atoms with Gasteiger partial charge in [0.15, 0.2) is 6.29 Å². The van der Waals surface area contributed by atoms with Crippen molar-refractivity contribution in [3.8, 4) is 0 Å². The van der Waals surface area contributed by atoms with Gasteiger partial charge in [-0.15, -0.1) is 23.5 Å². The zero-order valence-electron chi connectivity index (χ0n) is 8.08. The van der Waals surface area contributed by atoms with Crippen LogP contribution in [0.4, 0.5) is 0 Å². The van der Waals surface area contributed by atoms with Crippen LogP contribution in [0.25, 0.3) is 0 Å². The van der Waals surface area contributed by atoms with Gasteiger partial charge in [-0.05, 0) is 11.8 Å². The Balaban J connectivity index is 2.06. The van der Waals surface area contributed by atoms with Crippen LogP contribution < -0.4 is 0 Å². The van der Waals surface area contributed by atoms with Crippen molar-refractivity contribution in [2.75, 3.05) is 0 Å². The van der Waals surface area contributed by atoms with Crippen LogP contribution in [0, 0.1) is 0 Å². The van der Waals surface area contributed by atoms with E-state index in [1.54, 1.807) is 29.7 Å². The number of aldehydes is 1. The van der Waals surface area contributed by atoms with E-state index in [1.807, 2.05) is 6.21 Å². The molecular formula is C11H11NOS2. The summed E-state index contributed by atoms with van der Waals surface area (Å²) < 4.78 is 0. The molecule has 4 heteroatoms. The highest BCUT2D eigenvalue weighted by Gasteiger charge is 2.21. The summed E-state index contributed by atoms with van der Waals surface area (Å²) in [4.78, 5) is 15.5. The second-order valence-corrected chi connectivity index (χ2v) is 5.51. The fourth-order valence-electron chi connectivity index (χ4n) is 1.35. The third-order valence-electron chi connectivity index (χ3n) is 2.08. The molecule has 0 saturated heterocycles. The van der Waals surface area contributed by atoms with Crippen LogP contribution in [-0.2, 0) is 4.79 Å². The van der Waals surface area contributed by atoms with Crippen LogP contribution in [0.3, 0.4) is 0 Å². The summed E-state index contributed by atoms with van der Waals surface area (Å²) in [7, 11) is 0. The fraction of sp³-hybridized carbons (Fsp3) is 0.273. The molecule has 0 spiro atoms. The van der Waals surface area contributed by atoms with Crippen LogP contribution in [0.1, 0.15) is 6.42 Å². The van der Waals surface area contributed by atoms with Crippen molar-refractivity contribution in [3.05, 3.63) is 34.7 Å². The lowest BCUT2D eigenvalue weighted by Crippen LogP contribution is -2.20. The highest BCUT2D eigenvalue weighted by Crippen LogP contribution is 2.32. The molecule has 2 aliphatic heterocycles. The lowest BCUT2D eigenvalue weighted by atomic mass is 10.2. The predicted octanol–water partition coefficient (Wildman–Crippen LogP) is 2.79. The van der Waals surface area contributed by atoms with Crippen molar-refractivity contribution in [1.82, 2.24) is 0 Å². The summed E-state index contributed by atoms with van der Waals surface area (Å²) >= 11 is 3.37. The van der Waals surface area contributed by atoms with Gasteiger partial charge in [-0.3, -0.25) is 9.79 Å². The molecule has 2 unspecified atom stereocenters. The minimum Gasteiger partial charge on any atom is -0.297 e. The molecule has 0 saturated carbocycles. The van der Waals surface area contributed by atoms with Gasteiger partial charge < -0.3 is 0 Å². The third-order valence-corrected chi connectivity index (χ3v) is 4.52. The van der Waals surface area contributed by atoms with Crippen molar-refractivity contribution in [3.63, 3.8) is 0 Å². The summed E-state index contributed by atoms with van der Waals surface area (Å²) in [6.07, 6.45) is 11.9. The average Bonchev–Trinajstić information content (AvgIpc) is 2.58. The van der Waals surface area contributed by atoms with E-state index in [0.29, 0.717) is 10.2 Å². The second kappa shape index (κ2) is 5.37. The Kier molecular flexibility index (Phi) is 3.86. The maximum atomic E-state index is 10.7. The Morgan fingerprint density at radius 3 is 3.20 bits per heavy atom. The van der Waals surface area contributed by atoms with E-state index in [9.17, 15) is 4.79 Å².